The van der Waals surface area contributed by atoms with Gasteiger partial charge in [0.1, 0.15) is 5.84 Å². The molecule has 0 amide bonds. The molecule has 3 N–H and O–H groups in total. The van der Waals surface area contributed by atoms with Crippen LogP contribution in [0.5, 0.6) is 0 Å². The number of aryl methyl sites for hydroxylation is 1. The zero-order valence-electron chi connectivity index (χ0n) is 12.8. The number of rotatable bonds is 5. The fourth-order valence-electron chi connectivity index (χ4n) is 2.99. The molecule has 0 aromatic heterocycles. The summed E-state index contributed by atoms with van der Waals surface area (Å²) in [5.41, 5.74) is 8.94. The zero-order chi connectivity index (χ0) is 14.7. The Morgan fingerprint density at radius 2 is 2.20 bits per heavy atom. The minimum absolute atomic E-state index is 0.145. The smallest absolute Gasteiger partial charge is 0.122 e. The fourth-order valence-corrected chi connectivity index (χ4v) is 2.99. The predicted molar refractivity (Wildman–Crippen MR) is 84.2 cm³/mol. The van der Waals surface area contributed by atoms with Gasteiger partial charge in [0.25, 0.3) is 0 Å². The van der Waals surface area contributed by atoms with E-state index in [4.69, 9.17) is 11.1 Å². The van der Waals surface area contributed by atoms with Gasteiger partial charge < -0.3 is 10.6 Å². The molecular weight excluding hydrogens is 248 g/mol. The molecule has 1 saturated heterocycles. The first-order valence-corrected chi connectivity index (χ1v) is 7.30. The normalized spacial score (nSPS) is 19.7. The highest BCUT2D eigenvalue weighted by Gasteiger charge is 2.25. The Hall–Kier alpha value is -1.39. The molecule has 0 bridgehead atoms. The molecule has 4 heteroatoms. The van der Waals surface area contributed by atoms with Gasteiger partial charge in [0, 0.05) is 24.7 Å². The average molecular weight is 274 g/mol. The van der Waals surface area contributed by atoms with Crippen LogP contribution in [0.1, 0.15) is 29.5 Å². The summed E-state index contributed by atoms with van der Waals surface area (Å²) in [5.74, 6) is 0.145. The average Bonchev–Trinajstić information content (AvgIpc) is 2.78. The van der Waals surface area contributed by atoms with Gasteiger partial charge in [-0.3, -0.25) is 10.3 Å². The van der Waals surface area contributed by atoms with E-state index in [1.807, 2.05) is 12.1 Å². The summed E-state index contributed by atoms with van der Waals surface area (Å²) in [6.45, 7) is 5.43. The second kappa shape index (κ2) is 6.37. The fraction of sp³-hybridized carbons (Fsp3) is 0.562. The SMILES string of the molecule is Cc1cc(C(=N)N)ccc1CN1CCCC1CN(C)C. The Morgan fingerprint density at radius 3 is 2.80 bits per heavy atom. The molecule has 1 atom stereocenters. The van der Waals surface area contributed by atoms with Crippen molar-refractivity contribution in [1.29, 1.82) is 5.41 Å². The molecule has 1 fully saturated rings. The van der Waals surface area contributed by atoms with E-state index in [1.165, 1.54) is 30.5 Å². The van der Waals surface area contributed by atoms with Crippen LogP contribution in [0, 0.1) is 12.3 Å². The highest BCUT2D eigenvalue weighted by molar-refractivity contribution is 5.95. The van der Waals surface area contributed by atoms with Crippen molar-refractivity contribution < 1.29 is 0 Å². The molecule has 0 radical (unpaired) electrons. The van der Waals surface area contributed by atoms with E-state index in [-0.39, 0.29) is 5.84 Å². The quantitative estimate of drug-likeness (QED) is 0.636. The number of amidine groups is 1. The lowest BCUT2D eigenvalue weighted by Gasteiger charge is -2.27. The van der Waals surface area contributed by atoms with Gasteiger partial charge in [-0.1, -0.05) is 12.1 Å². The van der Waals surface area contributed by atoms with E-state index >= 15 is 0 Å². The van der Waals surface area contributed by atoms with Crippen LogP contribution in [-0.2, 0) is 6.54 Å². The van der Waals surface area contributed by atoms with Gasteiger partial charge in [0.2, 0.25) is 0 Å². The highest BCUT2D eigenvalue weighted by atomic mass is 15.2. The summed E-state index contributed by atoms with van der Waals surface area (Å²) in [7, 11) is 4.28. The van der Waals surface area contributed by atoms with E-state index in [9.17, 15) is 0 Å². The van der Waals surface area contributed by atoms with Crippen molar-refractivity contribution >= 4 is 5.84 Å². The minimum atomic E-state index is 0.145. The van der Waals surface area contributed by atoms with Gasteiger partial charge in [-0.2, -0.15) is 0 Å². The Labute approximate surface area is 122 Å². The zero-order valence-corrected chi connectivity index (χ0v) is 12.8. The molecule has 0 spiro atoms. The lowest BCUT2D eigenvalue weighted by molar-refractivity contribution is 0.201. The molecule has 2 rings (SSSR count). The van der Waals surface area contributed by atoms with Crippen LogP contribution >= 0.6 is 0 Å². The topological polar surface area (TPSA) is 56.4 Å². The van der Waals surface area contributed by atoms with E-state index in [0.717, 1.165) is 18.7 Å². The van der Waals surface area contributed by atoms with Crippen LogP contribution in [0.4, 0.5) is 0 Å². The largest absolute Gasteiger partial charge is 0.384 e. The summed E-state index contributed by atoms with van der Waals surface area (Å²) in [4.78, 5) is 4.85. The number of nitrogen functional groups attached to an aromatic ring is 1. The first-order chi connectivity index (χ1) is 9.47. The van der Waals surface area contributed by atoms with Crippen LogP contribution in [0.2, 0.25) is 0 Å². The van der Waals surface area contributed by atoms with Gasteiger partial charge in [-0.05, 0) is 57.6 Å². The summed E-state index contributed by atoms with van der Waals surface area (Å²) in [5, 5.41) is 7.50. The van der Waals surface area contributed by atoms with Crippen molar-refractivity contribution in [2.24, 2.45) is 5.73 Å². The Kier molecular flexibility index (Phi) is 4.78. The molecule has 4 nitrogen and oxygen atoms in total. The second-order valence-electron chi connectivity index (χ2n) is 6.08. The van der Waals surface area contributed by atoms with Gasteiger partial charge >= 0.3 is 0 Å². The third-order valence-electron chi connectivity index (χ3n) is 4.10. The molecule has 20 heavy (non-hydrogen) atoms. The van der Waals surface area contributed by atoms with Crippen LogP contribution in [0.25, 0.3) is 0 Å². The Bertz CT molecular complexity index is 481. The summed E-state index contributed by atoms with van der Waals surface area (Å²) in [6, 6.07) is 6.77. The van der Waals surface area contributed by atoms with E-state index < -0.39 is 0 Å². The number of hydrogen-bond donors (Lipinski definition) is 2. The highest BCUT2D eigenvalue weighted by Crippen LogP contribution is 2.22. The van der Waals surface area contributed by atoms with Crippen LogP contribution in [0.15, 0.2) is 18.2 Å². The van der Waals surface area contributed by atoms with Crippen LogP contribution in [-0.4, -0.2) is 48.9 Å². The van der Waals surface area contributed by atoms with Crippen molar-refractivity contribution in [2.75, 3.05) is 27.2 Å². The van der Waals surface area contributed by atoms with E-state index in [0.29, 0.717) is 6.04 Å². The predicted octanol–water partition coefficient (Wildman–Crippen LogP) is 1.81. The van der Waals surface area contributed by atoms with Crippen molar-refractivity contribution in [1.82, 2.24) is 9.80 Å². The third kappa shape index (κ3) is 3.58. The first-order valence-electron chi connectivity index (χ1n) is 7.30. The number of likely N-dealkylation sites (N-methyl/N-ethyl adjacent to an activating group) is 1. The molecule has 1 unspecified atom stereocenters. The molecule has 1 aromatic rings. The lowest BCUT2D eigenvalue weighted by Crippen LogP contribution is -2.37. The molecule has 1 aliphatic rings. The molecule has 0 saturated carbocycles. The molecular formula is C16H26N4. The molecule has 1 aromatic carbocycles. The molecule has 1 heterocycles. The molecule has 0 aliphatic carbocycles. The number of nitrogens with one attached hydrogen (secondary N) is 1. The summed E-state index contributed by atoms with van der Waals surface area (Å²) >= 11 is 0. The first kappa shape index (κ1) is 15.0. The summed E-state index contributed by atoms with van der Waals surface area (Å²) < 4.78 is 0. The van der Waals surface area contributed by atoms with Crippen LogP contribution in [0.3, 0.4) is 0 Å². The maximum Gasteiger partial charge on any atom is 0.122 e. The maximum atomic E-state index is 7.50. The van der Waals surface area contributed by atoms with E-state index in [1.54, 1.807) is 0 Å². The van der Waals surface area contributed by atoms with Gasteiger partial charge in [-0.25, -0.2) is 0 Å². The van der Waals surface area contributed by atoms with Gasteiger partial charge in [0.05, 0.1) is 0 Å². The van der Waals surface area contributed by atoms with E-state index in [2.05, 4.69) is 36.9 Å². The Morgan fingerprint density at radius 1 is 1.45 bits per heavy atom. The second-order valence-corrected chi connectivity index (χ2v) is 6.08. The van der Waals surface area contributed by atoms with Crippen molar-refractivity contribution in [3.63, 3.8) is 0 Å². The number of hydrogen-bond acceptors (Lipinski definition) is 3. The number of nitrogens with two attached hydrogens (primary N) is 1. The van der Waals surface area contributed by atoms with Crippen molar-refractivity contribution in [3.05, 3.63) is 34.9 Å². The summed E-state index contributed by atoms with van der Waals surface area (Å²) in [6.07, 6.45) is 2.59. The lowest BCUT2D eigenvalue weighted by atomic mass is 10.0. The standard InChI is InChI=1S/C16H26N4/c1-12-9-13(16(17)18)6-7-14(12)10-20-8-4-5-15(20)11-19(2)3/h6-7,9,15H,4-5,8,10-11H2,1-3H3,(H3,17,18). The van der Waals surface area contributed by atoms with Gasteiger partial charge in [-0.15, -0.1) is 0 Å². The van der Waals surface area contributed by atoms with Gasteiger partial charge in [0.15, 0.2) is 0 Å². The number of nitrogens with zero attached hydrogens (tertiary/aromatic N) is 2. The number of likely N-dealkylation sites (tertiary alicyclic amines) is 1. The van der Waals surface area contributed by atoms with Crippen molar-refractivity contribution in [3.8, 4) is 0 Å². The Balaban J connectivity index is 2.07. The minimum Gasteiger partial charge on any atom is -0.384 e. The molecule has 1 aliphatic heterocycles. The molecule has 110 valence electrons. The maximum absolute atomic E-state index is 7.50. The van der Waals surface area contributed by atoms with Crippen LogP contribution < -0.4 is 5.73 Å². The monoisotopic (exact) mass is 274 g/mol. The number of benzene rings is 1. The third-order valence-corrected chi connectivity index (χ3v) is 4.10. The van der Waals surface area contributed by atoms with Crippen molar-refractivity contribution in [2.45, 2.75) is 32.4 Å².